The van der Waals surface area contributed by atoms with Gasteiger partial charge in [0, 0.05) is 5.56 Å². The van der Waals surface area contributed by atoms with E-state index >= 15 is 0 Å². The minimum Gasteiger partial charge on any atom is -0.302 e. The summed E-state index contributed by atoms with van der Waals surface area (Å²) in [7, 11) is 0. The van der Waals surface area contributed by atoms with Gasteiger partial charge in [0.1, 0.15) is 17.0 Å². The predicted octanol–water partition coefficient (Wildman–Crippen LogP) is 1.22. The van der Waals surface area contributed by atoms with Crippen molar-refractivity contribution in [2.24, 2.45) is 0 Å². The molecule has 3 nitrogen and oxygen atoms in total. The fraction of sp³-hybridized carbons (Fsp3) is 0. The maximum absolute atomic E-state index is 12.7. The molecular weight excluding hydrogens is 183 g/mol. The Bertz CT molecular complexity index is 337. The van der Waals surface area contributed by atoms with Gasteiger partial charge in [-0.25, -0.2) is 8.60 Å². The molecule has 0 fully saturated rings. The molecule has 0 aliphatic carbocycles. The van der Waals surface area contributed by atoms with Crippen LogP contribution >= 0.6 is 0 Å². The zero-order valence-corrected chi connectivity index (χ0v) is 6.68. The third kappa shape index (κ3) is 1.75. The van der Waals surface area contributed by atoms with E-state index in [1.807, 2.05) is 0 Å². The first kappa shape index (κ1) is 9.02. The van der Waals surface area contributed by atoms with E-state index in [0.29, 0.717) is 6.29 Å². The van der Waals surface area contributed by atoms with E-state index in [2.05, 4.69) is 0 Å². The molecule has 1 rings (SSSR count). The van der Waals surface area contributed by atoms with Crippen LogP contribution in [-0.4, -0.2) is 15.0 Å². The molecule has 0 amide bonds. The van der Waals surface area contributed by atoms with Crippen molar-refractivity contribution in [2.75, 3.05) is 0 Å². The summed E-state index contributed by atoms with van der Waals surface area (Å²) in [6, 6.07) is 3.25. The first-order valence-electron chi connectivity index (χ1n) is 3.00. The molecule has 0 saturated carbocycles. The van der Waals surface area contributed by atoms with Gasteiger partial charge in [-0.05, 0) is 18.2 Å². The number of hydrogen-bond donors (Lipinski definition) is 1. The van der Waals surface area contributed by atoms with Crippen LogP contribution in [0.1, 0.15) is 10.4 Å². The standard InChI is InChI=1S/C7H5FO3S/c8-6-2-1-5(4-9)3-7(6)12(10)11/h1-4H,(H,10,11). The molecule has 0 bridgehead atoms. The van der Waals surface area contributed by atoms with Gasteiger partial charge >= 0.3 is 0 Å². The number of halogens is 1. The van der Waals surface area contributed by atoms with Crippen molar-refractivity contribution in [3.05, 3.63) is 29.6 Å². The summed E-state index contributed by atoms with van der Waals surface area (Å²) in [6.45, 7) is 0. The van der Waals surface area contributed by atoms with Crippen molar-refractivity contribution in [1.29, 1.82) is 0 Å². The van der Waals surface area contributed by atoms with E-state index in [-0.39, 0.29) is 10.5 Å². The quantitative estimate of drug-likeness (QED) is 0.560. The summed E-state index contributed by atoms with van der Waals surface area (Å²) in [4.78, 5) is 9.81. The van der Waals surface area contributed by atoms with Gasteiger partial charge in [0.2, 0.25) is 0 Å². The molecular formula is C7H5FO3S. The lowest BCUT2D eigenvalue weighted by Gasteiger charge is -1.97. The van der Waals surface area contributed by atoms with Gasteiger partial charge in [0.25, 0.3) is 0 Å². The van der Waals surface area contributed by atoms with Crippen LogP contribution in [0.4, 0.5) is 4.39 Å². The fourth-order valence-corrected chi connectivity index (χ4v) is 1.20. The van der Waals surface area contributed by atoms with Crippen LogP contribution in [0.25, 0.3) is 0 Å². The van der Waals surface area contributed by atoms with Crippen LogP contribution in [0.2, 0.25) is 0 Å². The van der Waals surface area contributed by atoms with Crippen molar-refractivity contribution in [3.63, 3.8) is 0 Å². The summed E-state index contributed by atoms with van der Waals surface area (Å²) in [6.07, 6.45) is 0.482. The highest BCUT2D eigenvalue weighted by Gasteiger charge is 2.07. The van der Waals surface area contributed by atoms with E-state index in [4.69, 9.17) is 4.55 Å². The second-order valence-corrected chi connectivity index (χ2v) is 3.00. The number of hydrogen-bond acceptors (Lipinski definition) is 2. The van der Waals surface area contributed by atoms with Crippen LogP contribution in [0.3, 0.4) is 0 Å². The molecule has 64 valence electrons. The van der Waals surface area contributed by atoms with E-state index in [1.165, 1.54) is 6.07 Å². The zero-order chi connectivity index (χ0) is 9.14. The maximum Gasteiger partial charge on any atom is 0.189 e. The second kappa shape index (κ2) is 3.55. The van der Waals surface area contributed by atoms with Gasteiger partial charge in [-0.2, -0.15) is 0 Å². The molecule has 0 aliphatic rings. The van der Waals surface area contributed by atoms with Crippen LogP contribution in [-0.2, 0) is 11.1 Å². The predicted molar refractivity (Wildman–Crippen MR) is 40.8 cm³/mol. The van der Waals surface area contributed by atoms with Crippen molar-refractivity contribution >= 4 is 17.4 Å². The monoisotopic (exact) mass is 188 g/mol. The molecule has 1 aromatic carbocycles. The van der Waals surface area contributed by atoms with E-state index in [9.17, 15) is 13.4 Å². The van der Waals surface area contributed by atoms with Gasteiger partial charge < -0.3 is 4.55 Å². The normalized spacial score (nSPS) is 12.5. The molecule has 1 atom stereocenters. The molecule has 5 heteroatoms. The largest absolute Gasteiger partial charge is 0.302 e. The first-order valence-corrected chi connectivity index (χ1v) is 4.11. The maximum atomic E-state index is 12.7. The van der Waals surface area contributed by atoms with Crippen LogP contribution in [0, 0.1) is 5.82 Å². The minimum absolute atomic E-state index is 0.175. The Hall–Kier alpha value is -1.07. The summed E-state index contributed by atoms with van der Waals surface area (Å²) >= 11 is -2.39. The highest BCUT2D eigenvalue weighted by atomic mass is 32.2. The molecule has 12 heavy (non-hydrogen) atoms. The molecule has 1 aromatic rings. The van der Waals surface area contributed by atoms with Crippen LogP contribution in [0.5, 0.6) is 0 Å². The lowest BCUT2D eigenvalue weighted by Crippen LogP contribution is -1.94. The number of carbonyl (C=O) groups is 1. The highest BCUT2D eigenvalue weighted by molar-refractivity contribution is 7.79. The Morgan fingerprint density at radius 2 is 2.17 bits per heavy atom. The number of carbonyl (C=O) groups excluding carboxylic acids is 1. The summed E-state index contributed by atoms with van der Waals surface area (Å²) in [5.74, 6) is -0.790. The van der Waals surface area contributed by atoms with Crippen molar-refractivity contribution < 1.29 is 17.9 Å². The van der Waals surface area contributed by atoms with Crippen LogP contribution in [0.15, 0.2) is 23.1 Å². The average molecular weight is 188 g/mol. The van der Waals surface area contributed by atoms with Gasteiger partial charge in [-0.3, -0.25) is 4.79 Å². The van der Waals surface area contributed by atoms with Crippen molar-refractivity contribution in [3.8, 4) is 0 Å². The SMILES string of the molecule is O=Cc1ccc(F)c(S(=O)O)c1. The Labute approximate surface area is 70.5 Å². The van der Waals surface area contributed by atoms with E-state index in [0.717, 1.165) is 12.1 Å². The molecule has 0 aliphatic heterocycles. The van der Waals surface area contributed by atoms with E-state index < -0.39 is 16.9 Å². The molecule has 0 aromatic heterocycles. The first-order chi connectivity index (χ1) is 5.65. The molecule has 1 N–H and O–H groups in total. The Balaban J connectivity index is 3.25. The molecule has 0 saturated heterocycles. The van der Waals surface area contributed by atoms with Gasteiger partial charge in [-0.15, -0.1) is 0 Å². The lowest BCUT2D eigenvalue weighted by molar-refractivity contribution is 0.112. The topological polar surface area (TPSA) is 54.4 Å². The minimum atomic E-state index is -2.39. The lowest BCUT2D eigenvalue weighted by atomic mass is 10.2. The second-order valence-electron chi connectivity index (χ2n) is 2.06. The van der Waals surface area contributed by atoms with Gasteiger partial charge in [0.15, 0.2) is 11.1 Å². The third-order valence-electron chi connectivity index (χ3n) is 1.28. The molecule has 0 heterocycles. The number of aldehydes is 1. The number of benzene rings is 1. The Morgan fingerprint density at radius 1 is 1.50 bits per heavy atom. The van der Waals surface area contributed by atoms with E-state index in [1.54, 1.807) is 0 Å². The Morgan fingerprint density at radius 3 is 2.67 bits per heavy atom. The highest BCUT2D eigenvalue weighted by Crippen LogP contribution is 2.12. The average Bonchev–Trinajstić information content (AvgIpc) is 2.05. The van der Waals surface area contributed by atoms with Crippen LogP contribution < -0.4 is 0 Å². The number of rotatable bonds is 2. The summed E-state index contributed by atoms with van der Waals surface area (Å²) < 4.78 is 31.7. The zero-order valence-electron chi connectivity index (χ0n) is 5.86. The molecule has 1 unspecified atom stereocenters. The summed E-state index contributed by atoms with van der Waals surface area (Å²) in [5.41, 5.74) is 0.175. The smallest absolute Gasteiger partial charge is 0.189 e. The Kier molecular flexibility index (Phi) is 2.67. The third-order valence-corrected chi connectivity index (χ3v) is 1.97. The molecule has 0 radical (unpaired) electrons. The fourth-order valence-electron chi connectivity index (χ4n) is 0.727. The molecule has 0 spiro atoms. The van der Waals surface area contributed by atoms with Crippen molar-refractivity contribution in [2.45, 2.75) is 4.90 Å². The summed E-state index contributed by atoms with van der Waals surface area (Å²) in [5, 5.41) is 0. The van der Waals surface area contributed by atoms with Gasteiger partial charge in [0.05, 0.1) is 0 Å². The van der Waals surface area contributed by atoms with Gasteiger partial charge in [-0.1, -0.05) is 0 Å². The van der Waals surface area contributed by atoms with Crippen molar-refractivity contribution in [1.82, 2.24) is 0 Å².